The predicted octanol–water partition coefficient (Wildman–Crippen LogP) is 0.134. The van der Waals surface area contributed by atoms with Gasteiger partial charge < -0.3 is 15.2 Å². The van der Waals surface area contributed by atoms with Gasteiger partial charge in [-0.1, -0.05) is 0 Å². The minimum absolute atomic E-state index is 0.0567. The molecule has 66 valence electrons. The molecule has 0 aliphatic carbocycles. The van der Waals surface area contributed by atoms with Gasteiger partial charge >= 0.3 is 0 Å². The Morgan fingerprint density at radius 2 is 2.27 bits per heavy atom. The molecule has 1 rings (SSSR count). The highest BCUT2D eigenvalue weighted by Gasteiger charge is 2.30. The molecule has 0 unspecified atom stereocenters. The zero-order valence-electron chi connectivity index (χ0n) is 7.42. The van der Waals surface area contributed by atoms with Crippen molar-refractivity contribution >= 4 is 0 Å². The molecule has 0 radical (unpaired) electrons. The van der Waals surface area contributed by atoms with Gasteiger partial charge in [-0.15, -0.1) is 0 Å². The number of hydrogen-bond donors (Lipinski definition) is 2. The minimum Gasteiger partial charge on any atom is -0.391 e. The molecule has 0 amide bonds. The number of aliphatic hydroxyl groups is 1. The maximum absolute atomic E-state index is 9.24. The molecule has 0 aromatic heterocycles. The van der Waals surface area contributed by atoms with Crippen LogP contribution in [-0.4, -0.2) is 36.0 Å². The summed E-state index contributed by atoms with van der Waals surface area (Å²) in [6, 6.07) is 0. The highest BCUT2D eigenvalue weighted by atomic mass is 16.5. The van der Waals surface area contributed by atoms with E-state index in [9.17, 15) is 5.11 Å². The summed E-state index contributed by atoms with van der Waals surface area (Å²) in [6.07, 6.45) is -0.444. The van der Waals surface area contributed by atoms with Crippen molar-refractivity contribution < 1.29 is 9.84 Å². The number of ether oxygens (including phenoxy) is 1. The fraction of sp³-hybridized carbons (Fsp3) is 1.00. The molecule has 1 heterocycles. The van der Waals surface area contributed by atoms with Crippen LogP contribution in [0.15, 0.2) is 0 Å². The first kappa shape index (κ1) is 8.97. The van der Waals surface area contributed by atoms with E-state index in [0.29, 0.717) is 0 Å². The lowest BCUT2D eigenvalue weighted by molar-refractivity contribution is -0.132. The van der Waals surface area contributed by atoms with Gasteiger partial charge in [0.1, 0.15) is 0 Å². The average Bonchev–Trinajstić information content (AvgIpc) is 1.85. The Bertz CT molecular complexity index is 134. The van der Waals surface area contributed by atoms with E-state index in [-0.39, 0.29) is 17.8 Å². The van der Waals surface area contributed by atoms with Crippen LogP contribution in [0.3, 0.4) is 0 Å². The molecule has 2 N–H and O–H groups in total. The summed E-state index contributed by atoms with van der Waals surface area (Å²) in [5.41, 5.74) is -0.139. The first-order chi connectivity index (χ1) is 5.01. The first-order valence-electron chi connectivity index (χ1n) is 4.08. The van der Waals surface area contributed by atoms with Crippen molar-refractivity contribution in [1.29, 1.82) is 0 Å². The van der Waals surface area contributed by atoms with Crippen LogP contribution in [0, 0.1) is 0 Å². The normalized spacial score (nSPS) is 33.3. The fourth-order valence-electron chi connectivity index (χ4n) is 1.28. The second-order valence-electron chi connectivity index (χ2n) is 3.79. The Hall–Kier alpha value is -0.120. The standard InChI is InChI=1S/C8H17NO2/c1-6(10)7-4-9-5-8(2,3)11-7/h6-7,9-10H,4-5H2,1-3H3/t6-,7-/m0/s1. The van der Waals surface area contributed by atoms with E-state index in [0.717, 1.165) is 13.1 Å². The van der Waals surface area contributed by atoms with Gasteiger partial charge in [-0.3, -0.25) is 0 Å². The van der Waals surface area contributed by atoms with Crippen molar-refractivity contribution in [2.45, 2.75) is 38.6 Å². The summed E-state index contributed by atoms with van der Waals surface area (Å²) >= 11 is 0. The van der Waals surface area contributed by atoms with Crippen molar-refractivity contribution in [3.05, 3.63) is 0 Å². The molecule has 0 saturated carbocycles. The third kappa shape index (κ3) is 2.43. The molecule has 1 fully saturated rings. The minimum atomic E-state index is -0.387. The van der Waals surface area contributed by atoms with Crippen LogP contribution in [0.4, 0.5) is 0 Å². The molecule has 1 aliphatic rings. The van der Waals surface area contributed by atoms with Crippen LogP contribution in [0.1, 0.15) is 20.8 Å². The molecule has 11 heavy (non-hydrogen) atoms. The van der Waals surface area contributed by atoms with Crippen molar-refractivity contribution in [1.82, 2.24) is 5.32 Å². The Balaban J connectivity index is 2.46. The van der Waals surface area contributed by atoms with Gasteiger partial charge in [-0.05, 0) is 20.8 Å². The van der Waals surface area contributed by atoms with Gasteiger partial charge in [0.05, 0.1) is 17.8 Å². The van der Waals surface area contributed by atoms with Crippen LogP contribution >= 0.6 is 0 Å². The summed E-state index contributed by atoms with van der Waals surface area (Å²) in [7, 11) is 0. The van der Waals surface area contributed by atoms with Gasteiger partial charge in [0.25, 0.3) is 0 Å². The van der Waals surface area contributed by atoms with Crippen molar-refractivity contribution in [2.75, 3.05) is 13.1 Å². The second kappa shape index (κ2) is 3.09. The Morgan fingerprint density at radius 3 is 2.64 bits per heavy atom. The SMILES string of the molecule is C[C@H](O)[C@@H]1CNCC(C)(C)O1. The third-order valence-electron chi connectivity index (χ3n) is 1.90. The van der Waals surface area contributed by atoms with E-state index in [1.54, 1.807) is 6.92 Å². The molecule has 3 nitrogen and oxygen atoms in total. The van der Waals surface area contributed by atoms with Crippen LogP contribution in [0.25, 0.3) is 0 Å². The smallest absolute Gasteiger partial charge is 0.0962 e. The van der Waals surface area contributed by atoms with Gasteiger partial charge in [0.15, 0.2) is 0 Å². The largest absolute Gasteiger partial charge is 0.391 e. The summed E-state index contributed by atoms with van der Waals surface area (Å²) in [6.45, 7) is 7.41. The van der Waals surface area contributed by atoms with Crippen molar-refractivity contribution in [3.8, 4) is 0 Å². The Morgan fingerprint density at radius 1 is 1.64 bits per heavy atom. The van der Waals surface area contributed by atoms with Crippen LogP contribution in [0.2, 0.25) is 0 Å². The van der Waals surface area contributed by atoms with Crippen LogP contribution in [0.5, 0.6) is 0 Å². The average molecular weight is 159 g/mol. The summed E-state index contributed by atoms with van der Waals surface area (Å²) in [5.74, 6) is 0. The van der Waals surface area contributed by atoms with E-state index >= 15 is 0 Å². The third-order valence-corrected chi connectivity index (χ3v) is 1.90. The molecule has 0 spiro atoms. The van der Waals surface area contributed by atoms with Crippen molar-refractivity contribution in [3.63, 3.8) is 0 Å². The highest BCUT2D eigenvalue weighted by molar-refractivity contribution is 4.83. The lowest BCUT2D eigenvalue weighted by atomic mass is 10.1. The first-order valence-corrected chi connectivity index (χ1v) is 4.08. The monoisotopic (exact) mass is 159 g/mol. The molecular formula is C8H17NO2. The van der Waals surface area contributed by atoms with Gasteiger partial charge in [-0.2, -0.15) is 0 Å². The van der Waals surface area contributed by atoms with E-state index in [4.69, 9.17) is 4.74 Å². The molecule has 2 atom stereocenters. The quantitative estimate of drug-likeness (QED) is 0.571. The summed E-state index contributed by atoms with van der Waals surface area (Å²) < 4.78 is 5.62. The molecule has 1 aliphatic heterocycles. The van der Waals surface area contributed by atoms with Crippen molar-refractivity contribution in [2.24, 2.45) is 0 Å². The predicted molar refractivity (Wildman–Crippen MR) is 43.5 cm³/mol. The highest BCUT2D eigenvalue weighted by Crippen LogP contribution is 2.16. The summed E-state index contributed by atoms with van der Waals surface area (Å²) in [4.78, 5) is 0. The van der Waals surface area contributed by atoms with E-state index in [1.807, 2.05) is 13.8 Å². The number of nitrogens with one attached hydrogen (secondary N) is 1. The van der Waals surface area contributed by atoms with E-state index < -0.39 is 0 Å². The van der Waals surface area contributed by atoms with Gasteiger partial charge in [-0.25, -0.2) is 0 Å². The number of aliphatic hydroxyl groups excluding tert-OH is 1. The molecule has 0 aromatic carbocycles. The molecule has 0 aromatic rings. The maximum Gasteiger partial charge on any atom is 0.0962 e. The topological polar surface area (TPSA) is 41.5 Å². The number of hydrogen-bond acceptors (Lipinski definition) is 3. The number of morpholine rings is 1. The van der Waals surface area contributed by atoms with Crippen LogP contribution in [-0.2, 0) is 4.74 Å². The lowest BCUT2D eigenvalue weighted by Crippen LogP contribution is -2.53. The Kier molecular flexibility index (Phi) is 2.52. The zero-order valence-corrected chi connectivity index (χ0v) is 7.42. The van der Waals surface area contributed by atoms with E-state index in [2.05, 4.69) is 5.32 Å². The molecular weight excluding hydrogens is 142 g/mol. The van der Waals surface area contributed by atoms with Gasteiger partial charge in [0, 0.05) is 13.1 Å². The molecule has 1 saturated heterocycles. The van der Waals surface area contributed by atoms with E-state index in [1.165, 1.54) is 0 Å². The van der Waals surface area contributed by atoms with Gasteiger partial charge in [0.2, 0.25) is 0 Å². The fourth-order valence-corrected chi connectivity index (χ4v) is 1.28. The Labute approximate surface area is 67.7 Å². The molecule has 3 heteroatoms. The number of rotatable bonds is 1. The van der Waals surface area contributed by atoms with Crippen LogP contribution < -0.4 is 5.32 Å². The molecule has 0 bridgehead atoms. The second-order valence-corrected chi connectivity index (χ2v) is 3.79. The summed E-state index contributed by atoms with van der Waals surface area (Å²) in [5, 5.41) is 12.5. The maximum atomic E-state index is 9.24. The lowest BCUT2D eigenvalue weighted by Gasteiger charge is -2.37. The zero-order chi connectivity index (χ0) is 8.48.